The predicted molar refractivity (Wildman–Crippen MR) is 67.3 cm³/mol. The van der Waals surface area contributed by atoms with E-state index >= 15 is 0 Å². The topological polar surface area (TPSA) is 29.9 Å². The molecule has 0 saturated heterocycles. The van der Waals surface area contributed by atoms with Crippen molar-refractivity contribution in [1.82, 2.24) is 14.9 Å². The summed E-state index contributed by atoms with van der Waals surface area (Å²) in [4.78, 5) is 4.27. The van der Waals surface area contributed by atoms with Crippen LogP contribution in [0.4, 0.5) is 0 Å². The van der Waals surface area contributed by atoms with E-state index in [0.29, 0.717) is 0 Å². The fourth-order valence-electron chi connectivity index (χ4n) is 1.27. The molecular formula is C11H19N3S. The summed E-state index contributed by atoms with van der Waals surface area (Å²) in [6, 6.07) is 0. The van der Waals surface area contributed by atoms with Gasteiger partial charge in [-0.2, -0.15) is 11.8 Å². The normalized spacial score (nSPS) is 10.5. The van der Waals surface area contributed by atoms with Crippen molar-refractivity contribution < 1.29 is 0 Å². The van der Waals surface area contributed by atoms with Crippen LogP contribution >= 0.6 is 11.8 Å². The van der Waals surface area contributed by atoms with Gasteiger partial charge in [0.05, 0.1) is 0 Å². The third-order valence-corrected chi connectivity index (χ3v) is 3.07. The zero-order chi connectivity index (χ0) is 10.9. The maximum atomic E-state index is 4.27. The Balaban J connectivity index is 1.98. The highest BCUT2D eigenvalue weighted by molar-refractivity contribution is 7.99. The van der Waals surface area contributed by atoms with Crippen molar-refractivity contribution >= 4 is 11.8 Å². The van der Waals surface area contributed by atoms with Crippen LogP contribution in [0.2, 0.25) is 0 Å². The zero-order valence-corrected chi connectivity index (χ0v) is 10.1. The van der Waals surface area contributed by atoms with E-state index in [-0.39, 0.29) is 0 Å². The second-order valence-electron chi connectivity index (χ2n) is 3.32. The highest BCUT2D eigenvalue weighted by Gasteiger charge is 1.97. The van der Waals surface area contributed by atoms with Crippen LogP contribution in [0, 0.1) is 0 Å². The van der Waals surface area contributed by atoms with Crippen molar-refractivity contribution in [3.05, 3.63) is 30.9 Å². The molecule has 4 heteroatoms. The molecule has 84 valence electrons. The van der Waals surface area contributed by atoms with Crippen LogP contribution in [0.3, 0.4) is 0 Å². The second-order valence-corrected chi connectivity index (χ2v) is 4.47. The fourth-order valence-corrected chi connectivity index (χ4v) is 1.90. The molecule has 0 radical (unpaired) electrons. The molecular weight excluding hydrogens is 206 g/mol. The Kier molecular flexibility index (Phi) is 6.20. The van der Waals surface area contributed by atoms with Crippen molar-refractivity contribution in [3.8, 4) is 0 Å². The van der Waals surface area contributed by atoms with Crippen LogP contribution in [0.1, 0.15) is 5.82 Å². The summed E-state index contributed by atoms with van der Waals surface area (Å²) >= 11 is 1.90. The van der Waals surface area contributed by atoms with Gasteiger partial charge in [-0.3, -0.25) is 0 Å². The predicted octanol–water partition coefficient (Wildman–Crippen LogP) is 1.47. The van der Waals surface area contributed by atoms with E-state index in [4.69, 9.17) is 0 Å². The molecule has 0 atom stereocenters. The van der Waals surface area contributed by atoms with Crippen molar-refractivity contribution in [2.75, 3.05) is 24.6 Å². The van der Waals surface area contributed by atoms with E-state index < -0.39 is 0 Å². The molecule has 0 fully saturated rings. The number of aromatic nitrogens is 2. The van der Waals surface area contributed by atoms with E-state index in [1.165, 1.54) is 0 Å². The number of rotatable bonds is 8. The van der Waals surface area contributed by atoms with Crippen LogP contribution < -0.4 is 5.32 Å². The van der Waals surface area contributed by atoms with Gasteiger partial charge in [0.25, 0.3) is 0 Å². The van der Waals surface area contributed by atoms with Gasteiger partial charge in [0.15, 0.2) is 0 Å². The molecule has 15 heavy (non-hydrogen) atoms. The minimum atomic E-state index is 0.996. The Morgan fingerprint density at radius 1 is 1.60 bits per heavy atom. The average molecular weight is 225 g/mol. The lowest BCUT2D eigenvalue weighted by molar-refractivity contribution is 0.679. The molecule has 3 nitrogen and oxygen atoms in total. The number of hydrogen-bond acceptors (Lipinski definition) is 3. The van der Waals surface area contributed by atoms with Gasteiger partial charge >= 0.3 is 0 Å². The van der Waals surface area contributed by atoms with Gasteiger partial charge in [-0.1, -0.05) is 6.08 Å². The molecule has 0 aliphatic rings. The SMILES string of the molecule is C=CCSCCNCCc1nccn1C. The second kappa shape index (κ2) is 7.54. The Morgan fingerprint density at radius 2 is 2.47 bits per heavy atom. The molecule has 0 spiro atoms. The van der Waals surface area contributed by atoms with E-state index in [2.05, 4.69) is 21.4 Å². The summed E-state index contributed by atoms with van der Waals surface area (Å²) in [5.74, 6) is 3.33. The number of aryl methyl sites for hydroxylation is 1. The van der Waals surface area contributed by atoms with Gasteiger partial charge in [0, 0.05) is 50.5 Å². The largest absolute Gasteiger partial charge is 0.338 e. The molecule has 0 amide bonds. The lowest BCUT2D eigenvalue weighted by atomic mass is 10.4. The van der Waals surface area contributed by atoms with Crippen LogP contribution in [0.15, 0.2) is 25.0 Å². The van der Waals surface area contributed by atoms with Crippen LogP contribution in [-0.2, 0) is 13.5 Å². The highest BCUT2D eigenvalue weighted by atomic mass is 32.2. The standard InChI is InChI=1S/C11H19N3S/c1-3-9-15-10-7-12-5-4-11-13-6-8-14(11)2/h3,6,8,12H,1,4-5,7,9-10H2,2H3. The summed E-state index contributed by atoms with van der Waals surface area (Å²) in [6.07, 6.45) is 6.76. The lowest BCUT2D eigenvalue weighted by Crippen LogP contribution is -2.21. The quantitative estimate of drug-likeness (QED) is 0.537. The third-order valence-electron chi connectivity index (χ3n) is 2.11. The first-order chi connectivity index (χ1) is 7.34. The highest BCUT2D eigenvalue weighted by Crippen LogP contribution is 1.97. The van der Waals surface area contributed by atoms with Gasteiger partial charge in [-0.15, -0.1) is 6.58 Å². The van der Waals surface area contributed by atoms with Crippen molar-refractivity contribution in [1.29, 1.82) is 0 Å². The zero-order valence-electron chi connectivity index (χ0n) is 9.28. The van der Waals surface area contributed by atoms with E-state index in [0.717, 1.165) is 36.8 Å². The van der Waals surface area contributed by atoms with Crippen molar-refractivity contribution in [2.45, 2.75) is 6.42 Å². The average Bonchev–Trinajstić information content (AvgIpc) is 2.63. The summed E-state index contributed by atoms with van der Waals surface area (Å²) in [7, 11) is 2.03. The molecule has 0 aromatic carbocycles. The van der Waals surface area contributed by atoms with Crippen LogP contribution in [-0.4, -0.2) is 34.1 Å². The number of nitrogens with zero attached hydrogens (tertiary/aromatic N) is 2. The van der Waals surface area contributed by atoms with Crippen molar-refractivity contribution in [2.24, 2.45) is 7.05 Å². The summed E-state index contributed by atoms with van der Waals surface area (Å²) in [5, 5.41) is 3.40. The van der Waals surface area contributed by atoms with Crippen molar-refractivity contribution in [3.63, 3.8) is 0 Å². The van der Waals surface area contributed by atoms with E-state index in [1.807, 2.05) is 37.3 Å². The molecule has 1 aromatic rings. The fraction of sp³-hybridized carbons (Fsp3) is 0.545. The molecule has 0 bridgehead atoms. The van der Waals surface area contributed by atoms with Gasteiger partial charge < -0.3 is 9.88 Å². The lowest BCUT2D eigenvalue weighted by Gasteiger charge is -2.04. The van der Waals surface area contributed by atoms with Gasteiger partial charge in [-0.05, 0) is 0 Å². The first kappa shape index (κ1) is 12.3. The van der Waals surface area contributed by atoms with Gasteiger partial charge in [-0.25, -0.2) is 4.98 Å². The Morgan fingerprint density at radius 3 is 3.13 bits per heavy atom. The Labute approximate surface area is 96.0 Å². The number of nitrogens with one attached hydrogen (secondary N) is 1. The number of imidazole rings is 1. The number of hydrogen-bond donors (Lipinski definition) is 1. The molecule has 1 aromatic heterocycles. The maximum absolute atomic E-state index is 4.27. The minimum absolute atomic E-state index is 0.996. The summed E-state index contributed by atoms with van der Waals surface area (Å²) in [6.45, 7) is 5.74. The van der Waals surface area contributed by atoms with Gasteiger partial charge in [0.1, 0.15) is 5.82 Å². The Hall–Kier alpha value is -0.740. The van der Waals surface area contributed by atoms with Crippen LogP contribution in [0.25, 0.3) is 0 Å². The molecule has 1 heterocycles. The Bertz CT molecular complexity index is 283. The molecule has 0 saturated carbocycles. The molecule has 0 aliphatic heterocycles. The van der Waals surface area contributed by atoms with E-state index in [9.17, 15) is 0 Å². The first-order valence-electron chi connectivity index (χ1n) is 5.20. The molecule has 0 aliphatic carbocycles. The maximum Gasteiger partial charge on any atom is 0.109 e. The minimum Gasteiger partial charge on any atom is -0.338 e. The molecule has 1 N–H and O–H groups in total. The summed E-state index contributed by atoms with van der Waals surface area (Å²) in [5.41, 5.74) is 0. The summed E-state index contributed by atoms with van der Waals surface area (Å²) < 4.78 is 2.06. The van der Waals surface area contributed by atoms with E-state index in [1.54, 1.807) is 0 Å². The first-order valence-corrected chi connectivity index (χ1v) is 6.35. The van der Waals surface area contributed by atoms with Crippen LogP contribution in [0.5, 0.6) is 0 Å². The molecule has 0 unspecified atom stereocenters. The third kappa shape index (κ3) is 5.04. The monoisotopic (exact) mass is 225 g/mol. The van der Waals surface area contributed by atoms with Gasteiger partial charge in [0.2, 0.25) is 0 Å². The molecule has 1 rings (SSSR count). The number of thioether (sulfide) groups is 1. The smallest absolute Gasteiger partial charge is 0.109 e.